The maximum atomic E-state index is 12.0. The number of carbonyl (C=O) groups excluding carboxylic acids is 1. The molecule has 0 spiro atoms. The number of nitrogens with one attached hydrogen (secondary N) is 2. The molecule has 114 valence electrons. The van der Waals surface area contributed by atoms with Crippen molar-refractivity contribution < 1.29 is 9.90 Å². The highest BCUT2D eigenvalue weighted by molar-refractivity contribution is 5.90. The summed E-state index contributed by atoms with van der Waals surface area (Å²) in [6.07, 6.45) is 2.70. The third-order valence-electron chi connectivity index (χ3n) is 3.90. The summed E-state index contributed by atoms with van der Waals surface area (Å²) in [5.41, 5.74) is 3.37. The topological polar surface area (TPSA) is 65.1 Å². The van der Waals surface area contributed by atoms with E-state index in [2.05, 4.69) is 23.3 Å². The fourth-order valence-corrected chi connectivity index (χ4v) is 2.41. The van der Waals surface area contributed by atoms with Crippen LogP contribution < -0.4 is 5.32 Å². The van der Waals surface area contributed by atoms with E-state index in [0.29, 0.717) is 13.0 Å². The fourth-order valence-electron chi connectivity index (χ4n) is 2.41. The van der Waals surface area contributed by atoms with Gasteiger partial charge in [0.25, 0.3) is 0 Å². The summed E-state index contributed by atoms with van der Waals surface area (Å²) in [6, 6.07) is 6.16. The summed E-state index contributed by atoms with van der Waals surface area (Å²) in [5.74, 6) is 0.0861. The number of amides is 1. The van der Waals surface area contributed by atoms with Crippen molar-refractivity contribution in [1.82, 2.24) is 10.3 Å². The van der Waals surface area contributed by atoms with E-state index in [4.69, 9.17) is 0 Å². The molecule has 0 aliphatic heterocycles. The first kappa shape index (κ1) is 15.6. The number of benzene rings is 1. The number of H-pyrrole nitrogens is 1. The molecule has 0 aliphatic carbocycles. The molecule has 1 atom stereocenters. The zero-order valence-electron chi connectivity index (χ0n) is 12.9. The Balaban J connectivity index is 2.05. The van der Waals surface area contributed by atoms with Crippen LogP contribution in [0.3, 0.4) is 0 Å². The zero-order chi connectivity index (χ0) is 15.4. The van der Waals surface area contributed by atoms with E-state index in [1.807, 2.05) is 32.2 Å². The standard InChI is InChI=1S/C17H24N2O2/c1-4-12-6-5-7-14-13(9-19-17(12)14)8-16(21)18-10-15(20)11(2)3/h5-7,9,11,15,19-20H,4,8,10H2,1-3H3,(H,18,21). The van der Waals surface area contributed by atoms with Crippen molar-refractivity contribution in [3.05, 3.63) is 35.5 Å². The van der Waals surface area contributed by atoms with E-state index in [0.717, 1.165) is 22.9 Å². The van der Waals surface area contributed by atoms with Gasteiger partial charge in [0, 0.05) is 23.6 Å². The Hall–Kier alpha value is -1.81. The third kappa shape index (κ3) is 3.64. The molecule has 1 amide bonds. The number of aliphatic hydroxyl groups is 1. The predicted octanol–water partition coefficient (Wildman–Crippen LogP) is 2.41. The molecular formula is C17H24N2O2. The molecule has 0 radical (unpaired) electrons. The lowest BCUT2D eigenvalue weighted by Gasteiger charge is -2.14. The number of rotatable bonds is 6. The van der Waals surface area contributed by atoms with E-state index in [9.17, 15) is 9.90 Å². The fraction of sp³-hybridized carbons (Fsp3) is 0.471. The molecule has 0 bridgehead atoms. The number of carbonyl (C=O) groups is 1. The number of fused-ring (bicyclic) bond motifs is 1. The number of aromatic nitrogens is 1. The van der Waals surface area contributed by atoms with E-state index in [1.165, 1.54) is 5.56 Å². The lowest BCUT2D eigenvalue weighted by atomic mass is 10.0. The van der Waals surface area contributed by atoms with Gasteiger partial charge in [-0.3, -0.25) is 4.79 Å². The van der Waals surface area contributed by atoms with Gasteiger partial charge in [0.15, 0.2) is 0 Å². The lowest BCUT2D eigenvalue weighted by Crippen LogP contribution is -2.35. The average Bonchev–Trinajstić information content (AvgIpc) is 2.87. The highest BCUT2D eigenvalue weighted by Crippen LogP contribution is 2.22. The maximum absolute atomic E-state index is 12.0. The van der Waals surface area contributed by atoms with Gasteiger partial charge in [-0.1, -0.05) is 39.0 Å². The molecule has 21 heavy (non-hydrogen) atoms. The molecule has 2 aromatic rings. The van der Waals surface area contributed by atoms with Gasteiger partial charge in [0.05, 0.1) is 12.5 Å². The first-order valence-corrected chi connectivity index (χ1v) is 7.55. The van der Waals surface area contributed by atoms with Gasteiger partial charge in [-0.15, -0.1) is 0 Å². The first-order chi connectivity index (χ1) is 10.0. The molecule has 0 aliphatic rings. The summed E-state index contributed by atoms with van der Waals surface area (Å²) in [4.78, 5) is 15.3. The molecule has 0 saturated carbocycles. The maximum Gasteiger partial charge on any atom is 0.224 e. The van der Waals surface area contributed by atoms with Crippen LogP contribution in [-0.2, 0) is 17.6 Å². The minimum atomic E-state index is -0.497. The van der Waals surface area contributed by atoms with Crippen LogP contribution in [0.25, 0.3) is 10.9 Å². The summed E-state index contributed by atoms with van der Waals surface area (Å²) < 4.78 is 0. The van der Waals surface area contributed by atoms with E-state index < -0.39 is 6.10 Å². The van der Waals surface area contributed by atoms with Gasteiger partial charge >= 0.3 is 0 Å². The van der Waals surface area contributed by atoms with Crippen LogP contribution >= 0.6 is 0 Å². The Bertz CT molecular complexity index is 616. The van der Waals surface area contributed by atoms with Crippen molar-refractivity contribution in [3.63, 3.8) is 0 Å². The lowest BCUT2D eigenvalue weighted by molar-refractivity contribution is -0.121. The van der Waals surface area contributed by atoms with Crippen LogP contribution in [-0.4, -0.2) is 28.6 Å². The molecule has 4 heteroatoms. The molecule has 4 nitrogen and oxygen atoms in total. The summed E-state index contributed by atoms with van der Waals surface area (Å²) in [6.45, 7) is 6.29. The van der Waals surface area contributed by atoms with Gasteiger partial charge in [0.2, 0.25) is 5.91 Å². The summed E-state index contributed by atoms with van der Waals surface area (Å²) in [7, 11) is 0. The van der Waals surface area contributed by atoms with E-state index >= 15 is 0 Å². The molecule has 1 aromatic heterocycles. The van der Waals surface area contributed by atoms with Crippen molar-refractivity contribution in [2.45, 2.75) is 39.7 Å². The van der Waals surface area contributed by atoms with Crippen LogP contribution in [0.15, 0.2) is 24.4 Å². The molecule has 0 fully saturated rings. The van der Waals surface area contributed by atoms with Crippen LogP contribution in [0.5, 0.6) is 0 Å². The van der Waals surface area contributed by atoms with Gasteiger partial charge in [-0.2, -0.15) is 0 Å². The minimum absolute atomic E-state index is 0.0579. The normalized spacial score (nSPS) is 12.8. The second-order valence-corrected chi connectivity index (χ2v) is 5.80. The van der Waals surface area contributed by atoms with E-state index in [1.54, 1.807) is 0 Å². The molecular weight excluding hydrogens is 264 g/mol. The van der Waals surface area contributed by atoms with Crippen LogP contribution in [0, 0.1) is 5.92 Å². The number of aliphatic hydroxyl groups excluding tert-OH is 1. The number of aryl methyl sites for hydroxylation is 1. The molecule has 1 aromatic carbocycles. The highest BCUT2D eigenvalue weighted by Gasteiger charge is 2.13. The Morgan fingerprint density at radius 3 is 2.76 bits per heavy atom. The molecule has 0 saturated heterocycles. The second-order valence-electron chi connectivity index (χ2n) is 5.80. The second kappa shape index (κ2) is 6.76. The Kier molecular flexibility index (Phi) is 5.02. The Morgan fingerprint density at radius 2 is 2.10 bits per heavy atom. The highest BCUT2D eigenvalue weighted by atomic mass is 16.3. The van der Waals surface area contributed by atoms with E-state index in [-0.39, 0.29) is 11.8 Å². The van der Waals surface area contributed by atoms with Crippen LogP contribution in [0.1, 0.15) is 31.9 Å². The third-order valence-corrected chi connectivity index (χ3v) is 3.90. The number of hydrogen-bond acceptors (Lipinski definition) is 2. The zero-order valence-corrected chi connectivity index (χ0v) is 12.9. The van der Waals surface area contributed by atoms with Crippen molar-refractivity contribution in [2.24, 2.45) is 5.92 Å². The molecule has 2 rings (SSSR count). The predicted molar refractivity (Wildman–Crippen MR) is 85.2 cm³/mol. The Labute approximate surface area is 125 Å². The Morgan fingerprint density at radius 1 is 1.33 bits per heavy atom. The molecule has 1 unspecified atom stereocenters. The molecule has 3 N–H and O–H groups in total. The summed E-state index contributed by atoms with van der Waals surface area (Å²) in [5, 5.41) is 13.6. The molecule has 1 heterocycles. The number of hydrogen-bond donors (Lipinski definition) is 3. The number of aromatic amines is 1. The van der Waals surface area contributed by atoms with Gasteiger partial charge in [0.1, 0.15) is 0 Å². The smallest absolute Gasteiger partial charge is 0.224 e. The van der Waals surface area contributed by atoms with Crippen LogP contribution in [0.2, 0.25) is 0 Å². The van der Waals surface area contributed by atoms with Gasteiger partial charge in [-0.25, -0.2) is 0 Å². The van der Waals surface area contributed by atoms with Gasteiger partial charge in [-0.05, 0) is 23.5 Å². The largest absolute Gasteiger partial charge is 0.391 e. The quantitative estimate of drug-likeness (QED) is 0.764. The van der Waals surface area contributed by atoms with Crippen molar-refractivity contribution >= 4 is 16.8 Å². The van der Waals surface area contributed by atoms with Crippen molar-refractivity contribution in [3.8, 4) is 0 Å². The first-order valence-electron chi connectivity index (χ1n) is 7.55. The van der Waals surface area contributed by atoms with Gasteiger partial charge < -0.3 is 15.4 Å². The van der Waals surface area contributed by atoms with Crippen molar-refractivity contribution in [1.29, 1.82) is 0 Å². The summed E-state index contributed by atoms with van der Waals surface area (Å²) >= 11 is 0. The average molecular weight is 288 g/mol. The minimum Gasteiger partial charge on any atom is -0.391 e. The monoisotopic (exact) mass is 288 g/mol. The number of para-hydroxylation sites is 1. The SMILES string of the molecule is CCc1cccc2c(CC(=O)NCC(O)C(C)C)c[nH]c12. The van der Waals surface area contributed by atoms with Crippen molar-refractivity contribution in [2.75, 3.05) is 6.54 Å². The van der Waals surface area contributed by atoms with Crippen LogP contribution in [0.4, 0.5) is 0 Å².